The maximum Gasteiger partial charge on any atom is 0.119 e. The van der Waals surface area contributed by atoms with E-state index in [0.717, 1.165) is 12.2 Å². The standard InChI is InChI=1S/C16H21NO/c1-16(2,11-17)10-12-4-5-14-9-15(18-3)7-6-13(14)8-12/h4-9H,10-11,17H2,1-3H3. The first-order valence-corrected chi connectivity index (χ1v) is 6.31. The molecule has 2 rings (SSSR count). The highest BCUT2D eigenvalue weighted by atomic mass is 16.5. The summed E-state index contributed by atoms with van der Waals surface area (Å²) < 4.78 is 5.23. The lowest BCUT2D eigenvalue weighted by atomic mass is 9.85. The monoisotopic (exact) mass is 243 g/mol. The van der Waals surface area contributed by atoms with Gasteiger partial charge in [0.2, 0.25) is 0 Å². The first-order chi connectivity index (χ1) is 8.54. The Hall–Kier alpha value is -1.54. The summed E-state index contributed by atoms with van der Waals surface area (Å²) in [6.07, 6.45) is 1.01. The SMILES string of the molecule is COc1ccc2cc(CC(C)(C)CN)ccc2c1. The molecule has 0 atom stereocenters. The number of methoxy groups -OCH3 is 1. The number of benzene rings is 2. The Bertz CT molecular complexity index is 546. The van der Waals surface area contributed by atoms with Crippen LogP contribution in [0.4, 0.5) is 0 Å². The first-order valence-electron chi connectivity index (χ1n) is 6.31. The topological polar surface area (TPSA) is 35.2 Å². The summed E-state index contributed by atoms with van der Waals surface area (Å²) in [5.41, 5.74) is 7.28. The van der Waals surface area contributed by atoms with Crippen LogP contribution in [0.15, 0.2) is 36.4 Å². The Morgan fingerprint density at radius 3 is 2.39 bits per heavy atom. The molecule has 18 heavy (non-hydrogen) atoms. The van der Waals surface area contributed by atoms with Gasteiger partial charge in [0.05, 0.1) is 7.11 Å². The summed E-state index contributed by atoms with van der Waals surface area (Å²) in [7, 11) is 1.69. The van der Waals surface area contributed by atoms with Gasteiger partial charge in [-0.1, -0.05) is 38.1 Å². The zero-order valence-electron chi connectivity index (χ0n) is 11.4. The highest BCUT2D eigenvalue weighted by Gasteiger charge is 2.16. The van der Waals surface area contributed by atoms with E-state index in [1.165, 1.54) is 16.3 Å². The Labute approximate surface area is 109 Å². The third kappa shape index (κ3) is 2.82. The van der Waals surface area contributed by atoms with Gasteiger partial charge in [0.1, 0.15) is 5.75 Å². The van der Waals surface area contributed by atoms with Gasteiger partial charge in [-0.3, -0.25) is 0 Å². The first kappa shape index (κ1) is 12.9. The van der Waals surface area contributed by atoms with Crippen molar-refractivity contribution in [2.75, 3.05) is 13.7 Å². The van der Waals surface area contributed by atoms with Crippen molar-refractivity contribution in [1.29, 1.82) is 0 Å². The average Bonchev–Trinajstić information content (AvgIpc) is 2.37. The molecular weight excluding hydrogens is 222 g/mol. The van der Waals surface area contributed by atoms with Crippen LogP contribution in [0.3, 0.4) is 0 Å². The minimum Gasteiger partial charge on any atom is -0.497 e. The zero-order valence-corrected chi connectivity index (χ0v) is 11.4. The van der Waals surface area contributed by atoms with E-state index in [9.17, 15) is 0 Å². The highest BCUT2D eigenvalue weighted by Crippen LogP contribution is 2.25. The molecule has 0 bridgehead atoms. The summed E-state index contributed by atoms with van der Waals surface area (Å²) in [4.78, 5) is 0. The molecule has 0 saturated heterocycles. The molecule has 2 heteroatoms. The van der Waals surface area contributed by atoms with Crippen LogP contribution in [0.2, 0.25) is 0 Å². The second-order valence-electron chi connectivity index (χ2n) is 5.59. The summed E-state index contributed by atoms with van der Waals surface area (Å²) in [5, 5.41) is 2.46. The smallest absolute Gasteiger partial charge is 0.119 e. The number of rotatable bonds is 4. The molecular formula is C16H21NO. The van der Waals surface area contributed by atoms with E-state index in [0.29, 0.717) is 6.54 Å². The normalized spacial score (nSPS) is 11.8. The fourth-order valence-corrected chi connectivity index (χ4v) is 2.13. The molecule has 0 heterocycles. The van der Waals surface area contributed by atoms with E-state index < -0.39 is 0 Å². The highest BCUT2D eigenvalue weighted by molar-refractivity contribution is 5.84. The molecule has 0 aliphatic rings. The third-order valence-electron chi connectivity index (χ3n) is 3.35. The van der Waals surface area contributed by atoms with E-state index >= 15 is 0 Å². The van der Waals surface area contributed by atoms with Crippen LogP contribution < -0.4 is 10.5 Å². The predicted octanol–water partition coefficient (Wildman–Crippen LogP) is 3.38. The summed E-state index contributed by atoms with van der Waals surface area (Å²) in [5.74, 6) is 0.900. The predicted molar refractivity (Wildman–Crippen MR) is 77.0 cm³/mol. The van der Waals surface area contributed by atoms with Gasteiger partial charge < -0.3 is 10.5 Å². The third-order valence-corrected chi connectivity index (χ3v) is 3.35. The molecule has 0 amide bonds. The summed E-state index contributed by atoms with van der Waals surface area (Å²) >= 11 is 0. The van der Waals surface area contributed by atoms with Gasteiger partial charge in [-0.2, -0.15) is 0 Å². The van der Waals surface area contributed by atoms with Gasteiger partial charge in [-0.25, -0.2) is 0 Å². The lowest BCUT2D eigenvalue weighted by molar-refractivity contribution is 0.377. The fourth-order valence-electron chi connectivity index (χ4n) is 2.13. The molecule has 0 spiro atoms. The second kappa shape index (κ2) is 4.99. The molecule has 0 aromatic heterocycles. The van der Waals surface area contributed by atoms with Crippen LogP contribution in [0.5, 0.6) is 5.75 Å². The lowest BCUT2D eigenvalue weighted by Crippen LogP contribution is -2.25. The zero-order chi connectivity index (χ0) is 13.2. The molecule has 2 aromatic rings. The molecule has 0 aliphatic carbocycles. The van der Waals surface area contributed by atoms with Crippen molar-refractivity contribution in [1.82, 2.24) is 0 Å². The maximum atomic E-state index is 5.79. The number of hydrogen-bond acceptors (Lipinski definition) is 2. The molecule has 2 aromatic carbocycles. The molecule has 0 unspecified atom stereocenters. The Morgan fingerprint density at radius 2 is 1.72 bits per heavy atom. The Balaban J connectivity index is 2.33. The minimum atomic E-state index is 0.153. The fraction of sp³-hybridized carbons (Fsp3) is 0.375. The maximum absolute atomic E-state index is 5.79. The minimum absolute atomic E-state index is 0.153. The molecule has 0 radical (unpaired) electrons. The van der Waals surface area contributed by atoms with Crippen LogP contribution in [0.25, 0.3) is 10.8 Å². The molecule has 2 nitrogen and oxygen atoms in total. The van der Waals surface area contributed by atoms with Crippen LogP contribution >= 0.6 is 0 Å². The van der Waals surface area contributed by atoms with Crippen molar-refractivity contribution in [3.8, 4) is 5.75 Å². The molecule has 96 valence electrons. The van der Waals surface area contributed by atoms with Crippen molar-refractivity contribution in [2.45, 2.75) is 20.3 Å². The van der Waals surface area contributed by atoms with Gasteiger partial charge in [-0.05, 0) is 46.8 Å². The average molecular weight is 243 g/mol. The van der Waals surface area contributed by atoms with Gasteiger partial charge in [0.15, 0.2) is 0 Å². The van der Waals surface area contributed by atoms with Gasteiger partial charge in [0, 0.05) is 0 Å². The summed E-state index contributed by atoms with van der Waals surface area (Å²) in [6, 6.07) is 12.7. The molecule has 0 aliphatic heterocycles. The van der Waals surface area contributed by atoms with Crippen molar-refractivity contribution < 1.29 is 4.74 Å². The van der Waals surface area contributed by atoms with Crippen molar-refractivity contribution >= 4 is 10.8 Å². The Kier molecular flexibility index (Phi) is 3.58. The quantitative estimate of drug-likeness (QED) is 0.893. The van der Waals surface area contributed by atoms with Gasteiger partial charge in [0.25, 0.3) is 0 Å². The lowest BCUT2D eigenvalue weighted by Gasteiger charge is -2.22. The van der Waals surface area contributed by atoms with Crippen LogP contribution in [-0.2, 0) is 6.42 Å². The number of ether oxygens (including phenoxy) is 1. The molecule has 0 fully saturated rings. The van der Waals surface area contributed by atoms with Crippen LogP contribution in [0.1, 0.15) is 19.4 Å². The van der Waals surface area contributed by atoms with E-state index in [-0.39, 0.29) is 5.41 Å². The Morgan fingerprint density at radius 1 is 1.06 bits per heavy atom. The van der Waals surface area contributed by atoms with Gasteiger partial charge >= 0.3 is 0 Å². The van der Waals surface area contributed by atoms with E-state index in [1.54, 1.807) is 7.11 Å². The second-order valence-corrected chi connectivity index (χ2v) is 5.59. The van der Waals surface area contributed by atoms with E-state index in [2.05, 4.69) is 44.2 Å². The van der Waals surface area contributed by atoms with E-state index in [1.807, 2.05) is 6.07 Å². The van der Waals surface area contributed by atoms with Crippen molar-refractivity contribution in [3.05, 3.63) is 42.0 Å². The molecule has 2 N–H and O–H groups in total. The van der Waals surface area contributed by atoms with Crippen LogP contribution in [-0.4, -0.2) is 13.7 Å². The van der Waals surface area contributed by atoms with Crippen molar-refractivity contribution in [2.24, 2.45) is 11.1 Å². The summed E-state index contributed by atoms with van der Waals surface area (Å²) in [6.45, 7) is 5.10. The van der Waals surface area contributed by atoms with Crippen LogP contribution in [0, 0.1) is 5.41 Å². The molecule has 0 saturated carbocycles. The number of nitrogens with two attached hydrogens (primary N) is 1. The number of fused-ring (bicyclic) bond motifs is 1. The largest absolute Gasteiger partial charge is 0.497 e. The number of hydrogen-bond donors (Lipinski definition) is 1. The van der Waals surface area contributed by atoms with Crippen molar-refractivity contribution in [3.63, 3.8) is 0 Å². The van der Waals surface area contributed by atoms with Gasteiger partial charge in [-0.15, -0.1) is 0 Å². The van der Waals surface area contributed by atoms with E-state index in [4.69, 9.17) is 10.5 Å².